The number of alkyl halides is 3. The fourth-order valence-corrected chi connectivity index (χ4v) is 2.37. The van der Waals surface area contributed by atoms with Gasteiger partial charge < -0.3 is 10.6 Å². The van der Waals surface area contributed by atoms with Crippen LogP contribution in [-0.2, 0) is 6.18 Å². The van der Waals surface area contributed by atoms with Gasteiger partial charge in [0.25, 0.3) is 0 Å². The fraction of sp³-hybridized carbons (Fsp3) is 0.583. The summed E-state index contributed by atoms with van der Waals surface area (Å²) in [6, 6.07) is 1.21. The molecule has 0 spiro atoms. The number of halogens is 4. The molecular weight excluding hydrogens is 279 g/mol. The molecule has 2 N–H and O–H groups in total. The maximum Gasteiger partial charge on any atom is 0.417 e. The summed E-state index contributed by atoms with van der Waals surface area (Å²) in [7, 11) is 0. The second kappa shape index (κ2) is 5.54. The first-order valence-electron chi connectivity index (χ1n) is 6.13. The molecule has 1 saturated carbocycles. The van der Waals surface area contributed by atoms with Crippen molar-refractivity contribution < 1.29 is 13.2 Å². The van der Waals surface area contributed by atoms with Gasteiger partial charge in [-0.1, -0.05) is 11.6 Å². The summed E-state index contributed by atoms with van der Waals surface area (Å²) in [5, 5.41) is 0.0233. The van der Waals surface area contributed by atoms with E-state index in [1.165, 1.54) is 0 Å². The van der Waals surface area contributed by atoms with E-state index in [1.807, 2.05) is 4.90 Å². The molecule has 0 aromatic carbocycles. The molecule has 0 unspecified atom stereocenters. The first kappa shape index (κ1) is 14.4. The number of anilines is 1. The Morgan fingerprint density at radius 1 is 1.42 bits per heavy atom. The number of rotatable bonds is 4. The minimum Gasteiger partial charge on any atom is -0.351 e. The van der Waals surface area contributed by atoms with Gasteiger partial charge in [0.2, 0.25) is 0 Å². The van der Waals surface area contributed by atoms with E-state index < -0.39 is 11.7 Å². The van der Waals surface area contributed by atoms with Crippen molar-refractivity contribution in [3.8, 4) is 0 Å². The lowest BCUT2D eigenvalue weighted by molar-refractivity contribution is -0.137. The molecule has 1 aliphatic carbocycles. The quantitative estimate of drug-likeness (QED) is 0.927. The second-order valence-electron chi connectivity index (χ2n) is 4.59. The molecule has 0 amide bonds. The summed E-state index contributed by atoms with van der Waals surface area (Å²) < 4.78 is 37.7. The van der Waals surface area contributed by atoms with Crippen molar-refractivity contribution in [2.45, 2.75) is 31.5 Å². The van der Waals surface area contributed by atoms with Gasteiger partial charge in [0.15, 0.2) is 0 Å². The maximum absolute atomic E-state index is 12.6. The molecule has 7 heteroatoms. The molecule has 2 rings (SSSR count). The lowest BCUT2D eigenvalue weighted by Gasteiger charge is -2.38. The molecule has 0 radical (unpaired) electrons. The van der Waals surface area contributed by atoms with E-state index in [2.05, 4.69) is 4.98 Å². The van der Waals surface area contributed by atoms with Gasteiger partial charge in [-0.25, -0.2) is 4.98 Å². The first-order valence-corrected chi connectivity index (χ1v) is 6.50. The van der Waals surface area contributed by atoms with Crippen molar-refractivity contribution in [3.63, 3.8) is 0 Å². The third kappa shape index (κ3) is 3.12. The highest BCUT2D eigenvalue weighted by Gasteiger charge is 2.33. The second-order valence-corrected chi connectivity index (χ2v) is 5.00. The lowest BCUT2D eigenvalue weighted by Crippen LogP contribution is -2.43. The molecule has 0 aliphatic heterocycles. The van der Waals surface area contributed by atoms with Crippen molar-refractivity contribution in [1.82, 2.24) is 4.98 Å². The molecule has 3 nitrogen and oxygen atoms in total. The molecule has 19 heavy (non-hydrogen) atoms. The predicted molar refractivity (Wildman–Crippen MR) is 68.3 cm³/mol. The average molecular weight is 294 g/mol. The molecule has 0 atom stereocenters. The summed E-state index contributed by atoms with van der Waals surface area (Å²) in [6.45, 7) is 0.957. The summed E-state index contributed by atoms with van der Waals surface area (Å²) in [6.07, 6.45) is -0.490. The maximum atomic E-state index is 12.6. The molecule has 1 fully saturated rings. The van der Waals surface area contributed by atoms with Crippen molar-refractivity contribution in [3.05, 3.63) is 22.8 Å². The van der Waals surface area contributed by atoms with Gasteiger partial charge in [-0.15, -0.1) is 0 Å². The van der Waals surface area contributed by atoms with Crippen LogP contribution in [0.4, 0.5) is 19.0 Å². The van der Waals surface area contributed by atoms with E-state index in [4.69, 9.17) is 17.3 Å². The Morgan fingerprint density at radius 2 is 2.11 bits per heavy atom. The highest BCUT2D eigenvalue weighted by Crippen LogP contribution is 2.36. The number of nitrogens with two attached hydrogens (primary N) is 1. The highest BCUT2D eigenvalue weighted by atomic mass is 35.5. The largest absolute Gasteiger partial charge is 0.417 e. The zero-order valence-corrected chi connectivity index (χ0v) is 11.0. The van der Waals surface area contributed by atoms with Crippen LogP contribution in [0.15, 0.2) is 12.3 Å². The Kier molecular flexibility index (Phi) is 4.20. The van der Waals surface area contributed by atoms with E-state index >= 15 is 0 Å². The number of pyridine rings is 1. The van der Waals surface area contributed by atoms with Crippen molar-refractivity contribution in [2.24, 2.45) is 5.73 Å². The molecular formula is C12H15ClF3N3. The summed E-state index contributed by atoms with van der Waals surface area (Å²) >= 11 is 5.95. The number of nitrogens with zero attached hydrogens (tertiary/aromatic N) is 2. The average Bonchev–Trinajstić information content (AvgIpc) is 2.24. The van der Waals surface area contributed by atoms with Gasteiger partial charge in [-0.05, 0) is 25.3 Å². The van der Waals surface area contributed by atoms with E-state index in [1.54, 1.807) is 0 Å². The monoisotopic (exact) mass is 293 g/mol. The Bertz CT molecular complexity index is 446. The van der Waals surface area contributed by atoms with E-state index in [0.29, 0.717) is 18.9 Å². The lowest BCUT2D eigenvalue weighted by atomic mass is 9.91. The summed E-state index contributed by atoms with van der Waals surface area (Å²) in [5.74, 6) is 0.393. The fourth-order valence-electron chi connectivity index (χ4n) is 2.10. The Hall–Kier alpha value is -1.01. The van der Waals surface area contributed by atoms with Gasteiger partial charge in [0, 0.05) is 25.3 Å². The van der Waals surface area contributed by atoms with Crippen LogP contribution in [0, 0.1) is 0 Å². The van der Waals surface area contributed by atoms with E-state index in [0.717, 1.165) is 31.5 Å². The Morgan fingerprint density at radius 3 is 2.53 bits per heavy atom. The molecule has 0 bridgehead atoms. The van der Waals surface area contributed by atoms with Gasteiger partial charge in [0.05, 0.1) is 10.6 Å². The first-order chi connectivity index (χ1) is 8.93. The summed E-state index contributed by atoms with van der Waals surface area (Å²) in [5.41, 5.74) is 4.71. The van der Waals surface area contributed by atoms with Crippen molar-refractivity contribution in [1.29, 1.82) is 0 Å². The third-order valence-electron chi connectivity index (χ3n) is 3.31. The number of hydrogen-bond acceptors (Lipinski definition) is 3. The SMILES string of the molecule is NCCN(c1ncc(C(F)(F)F)cc1Cl)C1CCC1. The molecule has 106 valence electrons. The third-order valence-corrected chi connectivity index (χ3v) is 3.58. The predicted octanol–water partition coefficient (Wildman–Crippen LogP) is 3.07. The van der Waals surface area contributed by atoms with E-state index in [-0.39, 0.29) is 11.1 Å². The van der Waals surface area contributed by atoms with Crippen molar-refractivity contribution in [2.75, 3.05) is 18.0 Å². The Labute approximate surface area is 114 Å². The van der Waals surface area contributed by atoms with Crippen molar-refractivity contribution >= 4 is 17.4 Å². The minimum atomic E-state index is -4.43. The zero-order valence-electron chi connectivity index (χ0n) is 10.3. The Balaban J connectivity index is 2.27. The van der Waals surface area contributed by atoms with E-state index in [9.17, 15) is 13.2 Å². The molecule has 1 aromatic rings. The van der Waals surface area contributed by atoms with Gasteiger partial charge in [0.1, 0.15) is 5.82 Å². The van der Waals surface area contributed by atoms with Crippen LogP contribution in [0.5, 0.6) is 0 Å². The highest BCUT2D eigenvalue weighted by molar-refractivity contribution is 6.33. The minimum absolute atomic E-state index is 0.0233. The van der Waals surface area contributed by atoms with Crippen LogP contribution in [0.2, 0.25) is 5.02 Å². The van der Waals surface area contributed by atoms with Gasteiger partial charge in [-0.3, -0.25) is 0 Å². The van der Waals surface area contributed by atoms with Crippen LogP contribution in [-0.4, -0.2) is 24.1 Å². The zero-order chi connectivity index (χ0) is 14.0. The molecule has 1 aromatic heterocycles. The van der Waals surface area contributed by atoms with Crippen LogP contribution in [0.3, 0.4) is 0 Å². The van der Waals surface area contributed by atoms with Crippen LogP contribution in [0.1, 0.15) is 24.8 Å². The van der Waals surface area contributed by atoms with Gasteiger partial charge in [-0.2, -0.15) is 13.2 Å². The van der Waals surface area contributed by atoms with Crippen LogP contribution in [0.25, 0.3) is 0 Å². The smallest absolute Gasteiger partial charge is 0.351 e. The van der Waals surface area contributed by atoms with Crippen LogP contribution < -0.4 is 10.6 Å². The standard InChI is InChI=1S/C12H15ClF3N3/c13-10-6-8(12(14,15)16)7-18-11(10)19(5-4-17)9-2-1-3-9/h6-7,9H,1-5,17H2. The molecule has 1 heterocycles. The van der Waals surface area contributed by atoms with Crippen LogP contribution >= 0.6 is 11.6 Å². The number of hydrogen-bond donors (Lipinski definition) is 1. The number of aromatic nitrogens is 1. The normalized spacial score (nSPS) is 16.3. The molecule has 1 aliphatic rings. The van der Waals surface area contributed by atoms with Gasteiger partial charge >= 0.3 is 6.18 Å². The molecule has 0 saturated heterocycles. The summed E-state index contributed by atoms with van der Waals surface area (Å²) in [4.78, 5) is 5.79. The topological polar surface area (TPSA) is 42.1 Å².